The minimum absolute atomic E-state index is 0.0445. The molecule has 5 rings (SSSR count). The molecule has 0 saturated carbocycles. The van der Waals surface area contributed by atoms with Gasteiger partial charge in [-0.15, -0.1) is 0 Å². The average molecular weight is 580 g/mol. The fourth-order valence-corrected chi connectivity index (χ4v) is 5.24. The maximum absolute atomic E-state index is 13.0. The number of benzene rings is 2. The van der Waals surface area contributed by atoms with Crippen molar-refractivity contribution < 1.29 is 4.79 Å². The molecule has 0 atom stereocenters. The van der Waals surface area contributed by atoms with Crippen molar-refractivity contribution >= 4 is 28.8 Å². The van der Waals surface area contributed by atoms with Gasteiger partial charge in [-0.1, -0.05) is 45.9 Å². The normalized spacial score (nSPS) is 14.0. The molecular formula is C34H41N7O2. The van der Waals surface area contributed by atoms with Gasteiger partial charge in [-0.25, -0.2) is 4.98 Å². The molecule has 2 aromatic heterocycles. The number of aromatic nitrogens is 3. The van der Waals surface area contributed by atoms with E-state index in [9.17, 15) is 9.59 Å². The summed E-state index contributed by atoms with van der Waals surface area (Å²) in [6.07, 6.45) is 3.47. The molecule has 1 saturated heterocycles. The Morgan fingerprint density at radius 2 is 1.70 bits per heavy atom. The van der Waals surface area contributed by atoms with E-state index in [1.54, 1.807) is 25.5 Å². The fourth-order valence-electron chi connectivity index (χ4n) is 5.24. The Labute approximate surface area is 253 Å². The van der Waals surface area contributed by atoms with Crippen LogP contribution in [0, 0.1) is 6.92 Å². The molecule has 224 valence electrons. The summed E-state index contributed by atoms with van der Waals surface area (Å²) in [6, 6.07) is 17.5. The summed E-state index contributed by atoms with van der Waals surface area (Å²) in [4.78, 5) is 40.0. The number of hydrogen-bond acceptors (Lipinski definition) is 7. The molecule has 1 aliphatic rings. The smallest absolute Gasteiger partial charge is 0.293 e. The van der Waals surface area contributed by atoms with Crippen LogP contribution in [0.5, 0.6) is 0 Å². The zero-order valence-corrected chi connectivity index (χ0v) is 25.9. The van der Waals surface area contributed by atoms with Crippen molar-refractivity contribution in [2.24, 2.45) is 7.05 Å². The van der Waals surface area contributed by atoms with E-state index in [0.29, 0.717) is 17.1 Å². The molecule has 1 aliphatic heterocycles. The Hall–Kier alpha value is -4.50. The lowest BCUT2D eigenvalue weighted by atomic mass is 9.88. The highest BCUT2D eigenvalue weighted by atomic mass is 16.2. The first-order chi connectivity index (χ1) is 20.5. The van der Waals surface area contributed by atoms with Gasteiger partial charge in [0, 0.05) is 68.2 Å². The highest BCUT2D eigenvalue weighted by Crippen LogP contribution is 2.29. The van der Waals surface area contributed by atoms with Gasteiger partial charge in [0.1, 0.15) is 5.69 Å². The molecular weight excluding hydrogens is 538 g/mol. The van der Waals surface area contributed by atoms with E-state index in [2.05, 4.69) is 65.2 Å². The standard InChI is InChI=1S/C34H41N7O2/c1-7-40-17-19-41(20-18-40)26-14-12-25(13-15-26)36-31-33(43)39(6)22-30(37-31)27-9-8-10-28(23(27)2)38-32(42)29-16-11-24(21-35-29)34(3,4)5/h8-16,21-22H,7,17-20H2,1-6H3,(H,36,37)(H,38,42). The van der Waals surface area contributed by atoms with Crippen LogP contribution in [-0.4, -0.2) is 58.1 Å². The molecule has 3 heterocycles. The van der Waals surface area contributed by atoms with E-state index >= 15 is 0 Å². The number of pyridine rings is 1. The molecule has 9 nitrogen and oxygen atoms in total. The highest BCUT2D eigenvalue weighted by molar-refractivity contribution is 6.03. The monoisotopic (exact) mass is 579 g/mol. The Morgan fingerprint density at radius 1 is 0.977 bits per heavy atom. The zero-order chi connectivity index (χ0) is 30.7. The Morgan fingerprint density at radius 3 is 2.33 bits per heavy atom. The number of piperazine rings is 1. The second kappa shape index (κ2) is 12.4. The predicted octanol–water partition coefficient (Wildman–Crippen LogP) is 5.59. The first kappa shape index (κ1) is 30.0. The number of aryl methyl sites for hydroxylation is 1. The van der Waals surface area contributed by atoms with Crippen molar-refractivity contribution in [3.63, 3.8) is 0 Å². The first-order valence-corrected chi connectivity index (χ1v) is 14.8. The molecule has 2 aromatic carbocycles. The van der Waals surface area contributed by atoms with E-state index in [-0.39, 0.29) is 22.7 Å². The molecule has 0 spiro atoms. The van der Waals surface area contributed by atoms with E-state index in [1.165, 1.54) is 10.3 Å². The van der Waals surface area contributed by atoms with E-state index < -0.39 is 0 Å². The fraction of sp³-hybridized carbons (Fsp3) is 0.353. The van der Waals surface area contributed by atoms with E-state index in [1.807, 2.05) is 43.3 Å². The Kier molecular flexibility index (Phi) is 8.64. The Bertz CT molecular complexity index is 1650. The summed E-state index contributed by atoms with van der Waals surface area (Å²) >= 11 is 0. The van der Waals surface area contributed by atoms with Crippen molar-refractivity contribution in [3.8, 4) is 11.3 Å². The number of nitrogens with one attached hydrogen (secondary N) is 2. The van der Waals surface area contributed by atoms with Crippen molar-refractivity contribution in [1.29, 1.82) is 0 Å². The summed E-state index contributed by atoms with van der Waals surface area (Å²) in [5.41, 5.74) is 6.04. The molecule has 2 N–H and O–H groups in total. The molecule has 1 fully saturated rings. The number of amides is 1. The second-order valence-corrected chi connectivity index (χ2v) is 12.1. The van der Waals surface area contributed by atoms with Gasteiger partial charge in [-0.2, -0.15) is 0 Å². The van der Waals surface area contributed by atoms with Crippen molar-refractivity contribution in [2.75, 3.05) is 48.3 Å². The molecule has 43 heavy (non-hydrogen) atoms. The van der Waals surface area contributed by atoms with E-state index in [0.717, 1.165) is 55.1 Å². The number of carbonyl (C=O) groups excluding carboxylic acids is 1. The summed E-state index contributed by atoms with van der Waals surface area (Å²) in [6.45, 7) is 15.7. The highest BCUT2D eigenvalue weighted by Gasteiger charge is 2.18. The number of hydrogen-bond donors (Lipinski definition) is 2. The lowest BCUT2D eigenvalue weighted by molar-refractivity contribution is 0.102. The van der Waals surface area contributed by atoms with Crippen LogP contribution >= 0.6 is 0 Å². The second-order valence-electron chi connectivity index (χ2n) is 12.1. The minimum atomic E-state index is -0.285. The van der Waals surface area contributed by atoms with Crippen LogP contribution in [0.25, 0.3) is 11.3 Å². The van der Waals surface area contributed by atoms with E-state index in [4.69, 9.17) is 4.98 Å². The molecule has 9 heteroatoms. The van der Waals surface area contributed by atoms with Gasteiger partial charge in [-0.3, -0.25) is 14.6 Å². The number of anilines is 4. The van der Waals surface area contributed by atoms with Gasteiger partial charge in [0.2, 0.25) is 0 Å². The molecule has 0 radical (unpaired) electrons. The van der Waals surface area contributed by atoms with Crippen LogP contribution in [-0.2, 0) is 12.5 Å². The summed E-state index contributed by atoms with van der Waals surface area (Å²) in [5.74, 6) is -0.0477. The lowest BCUT2D eigenvalue weighted by Crippen LogP contribution is -2.46. The van der Waals surface area contributed by atoms with Gasteiger partial charge < -0.3 is 25.0 Å². The maximum Gasteiger partial charge on any atom is 0.293 e. The molecule has 1 amide bonds. The van der Waals surface area contributed by atoms with Crippen LogP contribution in [0.15, 0.2) is 71.8 Å². The maximum atomic E-state index is 13.0. The van der Waals surface area contributed by atoms with Gasteiger partial charge in [0.15, 0.2) is 5.82 Å². The van der Waals surface area contributed by atoms with Crippen LogP contribution in [0.4, 0.5) is 22.9 Å². The lowest BCUT2D eigenvalue weighted by Gasteiger charge is -2.35. The van der Waals surface area contributed by atoms with Crippen LogP contribution in [0.1, 0.15) is 49.3 Å². The number of carbonyl (C=O) groups is 1. The first-order valence-electron chi connectivity index (χ1n) is 14.8. The van der Waals surface area contributed by atoms with Crippen molar-refractivity contribution in [2.45, 2.75) is 40.0 Å². The molecule has 0 aliphatic carbocycles. The topological polar surface area (TPSA) is 95.4 Å². The average Bonchev–Trinajstić information content (AvgIpc) is 3.00. The Balaban J connectivity index is 1.34. The summed E-state index contributed by atoms with van der Waals surface area (Å²) in [7, 11) is 1.71. The van der Waals surface area contributed by atoms with Crippen LogP contribution < -0.4 is 21.1 Å². The van der Waals surface area contributed by atoms with Gasteiger partial charge in [0.05, 0.1) is 5.69 Å². The third kappa shape index (κ3) is 6.78. The number of likely N-dealkylation sites (N-methyl/N-ethyl adjacent to an activating group) is 1. The third-order valence-corrected chi connectivity index (χ3v) is 8.11. The van der Waals surface area contributed by atoms with Gasteiger partial charge in [-0.05, 0) is 66.4 Å². The van der Waals surface area contributed by atoms with Gasteiger partial charge in [0.25, 0.3) is 11.5 Å². The summed E-state index contributed by atoms with van der Waals surface area (Å²) < 4.78 is 1.53. The van der Waals surface area contributed by atoms with Crippen molar-refractivity contribution in [1.82, 2.24) is 19.4 Å². The third-order valence-electron chi connectivity index (χ3n) is 8.11. The van der Waals surface area contributed by atoms with Gasteiger partial charge >= 0.3 is 0 Å². The molecule has 4 aromatic rings. The molecule has 0 bridgehead atoms. The number of rotatable bonds is 7. The number of nitrogens with zero attached hydrogens (tertiary/aromatic N) is 5. The zero-order valence-electron chi connectivity index (χ0n) is 25.9. The summed E-state index contributed by atoms with van der Waals surface area (Å²) in [5, 5.41) is 6.22. The quantitative estimate of drug-likeness (QED) is 0.295. The SMILES string of the molecule is CCN1CCN(c2ccc(Nc3nc(-c4cccc(NC(=O)c5ccc(C(C)(C)C)cn5)c4C)cn(C)c3=O)cc2)CC1. The predicted molar refractivity (Wildman–Crippen MR) is 175 cm³/mol. The molecule has 0 unspecified atom stereocenters. The minimum Gasteiger partial charge on any atom is -0.369 e. The van der Waals surface area contributed by atoms with Crippen LogP contribution in [0.2, 0.25) is 0 Å². The largest absolute Gasteiger partial charge is 0.369 e. The van der Waals surface area contributed by atoms with Crippen molar-refractivity contribution in [3.05, 3.63) is 94.2 Å². The van der Waals surface area contributed by atoms with Crippen LogP contribution in [0.3, 0.4) is 0 Å².